The minimum Gasteiger partial charge on any atom is -0.497 e. The van der Waals surface area contributed by atoms with E-state index in [-0.39, 0.29) is 35.8 Å². The lowest BCUT2D eigenvalue weighted by atomic mass is 10.1. The molecule has 7 heteroatoms. The molecule has 3 N–H and O–H groups in total. The van der Waals surface area contributed by atoms with Gasteiger partial charge in [-0.05, 0) is 35.4 Å². The van der Waals surface area contributed by atoms with Crippen LogP contribution in [-0.4, -0.2) is 26.0 Å². The maximum absolute atomic E-state index is 11.7. The summed E-state index contributed by atoms with van der Waals surface area (Å²) in [6.45, 7) is 5.06. The lowest BCUT2D eigenvalue weighted by Gasteiger charge is -2.13. The lowest BCUT2D eigenvalue weighted by Crippen LogP contribution is -2.36. The Hall–Kier alpha value is -2.29. The number of anilines is 1. The number of methoxy groups -OCH3 is 1. The van der Waals surface area contributed by atoms with Crippen LogP contribution in [0.15, 0.2) is 53.5 Å². The number of hydrogen-bond acceptors (Lipinski definition) is 3. The molecule has 0 saturated carbocycles. The van der Waals surface area contributed by atoms with Crippen molar-refractivity contribution in [2.75, 3.05) is 19.5 Å². The van der Waals surface area contributed by atoms with Crippen molar-refractivity contribution in [3.8, 4) is 5.75 Å². The van der Waals surface area contributed by atoms with Gasteiger partial charge in [-0.1, -0.05) is 38.1 Å². The van der Waals surface area contributed by atoms with Gasteiger partial charge < -0.3 is 20.7 Å². The summed E-state index contributed by atoms with van der Waals surface area (Å²) in [4.78, 5) is 16.0. The quantitative estimate of drug-likeness (QED) is 0.310. The normalized spacial score (nSPS) is 10.8. The van der Waals surface area contributed by atoms with Gasteiger partial charge in [-0.2, -0.15) is 0 Å². The van der Waals surface area contributed by atoms with Gasteiger partial charge in [-0.15, -0.1) is 24.0 Å². The number of aliphatic imine (C=N–C) groups is 1. The largest absolute Gasteiger partial charge is 0.497 e. The predicted octanol–water partition coefficient (Wildman–Crippen LogP) is 3.77. The number of guanidine groups is 1. The second-order valence-corrected chi connectivity index (χ2v) is 6.47. The number of halogens is 1. The van der Waals surface area contributed by atoms with E-state index in [9.17, 15) is 4.79 Å². The fraction of sp³-hybridized carbons (Fsp3) is 0.333. The summed E-state index contributed by atoms with van der Waals surface area (Å²) in [5.41, 5.74) is 3.05. The Morgan fingerprint density at radius 2 is 1.46 bits per heavy atom. The van der Waals surface area contributed by atoms with Gasteiger partial charge in [-0.25, -0.2) is 0 Å². The summed E-state index contributed by atoms with van der Waals surface area (Å²) in [5.74, 6) is 1.55. The number of hydrogen-bond donors (Lipinski definition) is 3. The van der Waals surface area contributed by atoms with E-state index < -0.39 is 0 Å². The monoisotopic (exact) mass is 496 g/mol. The van der Waals surface area contributed by atoms with Gasteiger partial charge in [-0.3, -0.25) is 9.79 Å². The third-order valence-corrected chi connectivity index (χ3v) is 4.05. The van der Waals surface area contributed by atoms with E-state index in [4.69, 9.17) is 4.74 Å². The standard InChI is InChI=1S/C21H28N4O2.HI/c1-15(2)20(26)25-18-9-5-16(6-10-18)13-23-21(22-3)24-14-17-7-11-19(27-4)12-8-17;/h5-12,15H,13-14H2,1-4H3,(H,25,26)(H2,22,23,24);1H. The summed E-state index contributed by atoms with van der Waals surface area (Å²) in [5, 5.41) is 9.46. The van der Waals surface area contributed by atoms with E-state index >= 15 is 0 Å². The molecule has 0 heterocycles. The number of amides is 1. The summed E-state index contributed by atoms with van der Waals surface area (Å²) in [6, 6.07) is 15.7. The number of nitrogens with zero attached hydrogens (tertiary/aromatic N) is 1. The van der Waals surface area contributed by atoms with Gasteiger partial charge in [0.15, 0.2) is 5.96 Å². The summed E-state index contributed by atoms with van der Waals surface area (Å²) in [7, 11) is 3.40. The van der Waals surface area contributed by atoms with Crippen molar-refractivity contribution in [1.29, 1.82) is 0 Å². The molecule has 0 aliphatic carbocycles. The van der Waals surface area contributed by atoms with Crippen LogP contribution in [0.25, 0.3) is 0 Å². The fourth-order valence-electron chi connectivity index (χ4n) is 2.33. The second kappa shape index (κ2) is 12.2. The first-order valence-corrected chi connectivity index (χ1v) is 8.99. The third-order valence-electron chi connectivity index (χ3n) is 4.05. The molecule has 1 amide bonds. The first-order valence-electron chi connectivity index (χ1n) is 8.99. The van der Waals surface area contributed by atoms with Gasteiger partial charge in [0.25, 0.3) is 0 Å². The highest BCUT2D eigenvalue weighted by Gasteiger charge is 2.06. The highest BCUT2D eigenvalue weighted by Crippen LogP contribution is 2.12. The van der Waals surface area contributed by atoms with Gasteiger partial charge in [0.2, 0.25) is 5.91 Å². The van der Waals surface area contributed by atoms with Crippen molar-refractivity contribution < 1.29 is 9.53 Å². The van der Waals surface area contributed by atoms with Crippen LogP contribution < -0.4 is 20.7 Å². The maximum atomic E-state index is 11.7. The van der Waals surface area contributed by atoms with Crippen molar-refractivity contribution in [3.63, 3.8) is 0 Å². The highest BCUT2D eigenvalue weighted by molar-refractivity contribution is 14.0. The fourth-order valence-corrected chi connectivity index (χ4v) is 2.33. The number of carbonyl (C=O) groups is 1. The first kappa shape index (κ1) is 23.7. The Labute approximate surface area is 184 Å². The molecule has 0 saturated heterocycles. The number of rotatable bonds is 7. The zero-order valence-electron chi connectivity index (χ0n) is 16.8. The van der Waals surface area contributed by atoms with Crippen LogP contribution in [0.5, 0.6) is 5.75 Å². The molecule has 0 spiro atoms. The van der Waals surface area contributed by atoms with E-state index in [0.29, 0.717) is 13.1 Å². The zero-order chi connectivity index (χ0) is 19.6. The molecule has 28 heavy (non-hydrogen) atoms. The minimum absolute atomic E-state index is 0. The summed E-state index contributed by atoms with van der Waals surface area (Å²) >= 11 is 0. The molecule has 0 aromatic heterocycles. The average molecular weight is 496 g/mol. The molecule has 2 aromatic rings. The van der Waals surface area contributed by atoms with E-state index in [1.807, 2.05) is 62.4 Å². The highest BCUT2D eigenvalue weighted by atomic mass is 127. The molecule has 0 aliphatic rings. The predicted molar refractivity (Wildman–Crippen MR) is 125 cm³/mol. The summed E-state index contributed by atoms with van der Waals surface area (Å²) in [6.07, 6.45) is 0. The Morgan fingerprint density at radius 3 is 1.89 bits per heavy atom. The van der Waals surface area contributed by atoms with Crippen LogP contribution in [0.1, 0.15) is 25.0 Å². The molecule has 0 radical (unpaired) electrons. The van der Waals surface area contributed by atoms with Crippen molar-refractivity contribution in [2.45, 2.75) is 26.9 Å². The van der Waals surface area contributed by atoms with E-state index in [2.05, 4.69) is 20.9 Å². The van der Waals surface area contributed by atoms with Crippen molar-refractivity contribution in [3.05, 3.63) is 59.7 Å². The number of ether oxygens (including phenoxy) is 1. The molecule has 0 fully saturated rings. The minimum atomic E-state index is -0.0357. The molecule has 2 rings (SSSR count). The maximum Gasteiger partial charge on any atom is 0.226 e. The van der Waals surface area contributed by atoms with E-state index in [1.54, 1.807) is 14.2 Å². The molecule has 6 nitrogen and oxygen atoms in total. The van der Waals surface area contributed by atoms with Crippen LogP contribution in [0.4, 0.5) is 5.69 Å². The lowest BCUT2D eigenvalue weighted by molar-refractivity contribution is -0.118. The molecular formula is C21H29IN4O2. The first-order chi connectivity index (χ1) is 13.0. The molecule has 0 unspecified atom stereocenters. The van der Waals surface area contributed by atoms with E-state index in [0.717, 1.165) is 28.5 Å². The molecular weight excluding hydrogens is 467 g/mol. The van der Waals surface area contributed by atoms with Gasteiger partial charge >= 0.3 is 0 Å². The van der Waals surface area contributed by atoms with Crippen LogP contribution >= 0.6 is 24.0 Å². The second-order valence-electron chi connectivity index (χ2n) is 6.47. The third kappa shape index (κ3) is 7.75. The Balaban J connectivity index is 0.00000392. The van der Waals surface area contributed by atoms with Crippen LogP contribution in [0.3, 0.4) is 0 Å². The molecule has 152 valence electrons. The van der Waals surface area contributed by atoms with E-state index in [1.165, 1.54) is 0 Å². The van der Waals surface area contributed by atoms with Crippen molar-refractivity contribution in [1.82, 2.24) is 10.6 Å². The smallest absolute Gasteiger partial charge is 0.226 e. The number of benzene rings is 2. The molecule has 0 atom stereocenters. The SMILES string of the molecule is CN=C(NCc1ccc(NC(=O)C(C)C)cc1)NCc1ccc(OC)cc1.I. The topological polar surface area (TPSA) is 74.8 Å². The Morgan fingerprint density at radius 1 is 0.964 bits per heavy atom. The van der Waals surface area contributed by atoms with Gasteiger partial charge in [0, 0.05) is 31.7 Å². The molecule has 2 aromatic carbocycles. The molecule has 0 bridgehead atoms. The number of nitrogens with one attached hydrogen (secondary N) is 3. The average Bonchev–Trinajstić information content (AvgIpc) is 2.69. The van der Waals surface area contributed by atoms with Gasteiger partial charge in [0.1, 0.15) is 5.75 Å². The van der Waals surface area contributed by atoms with Crippen molar-refractivity contribution >= 4 is 41.5 Å². The molecule has 0 aliphatic heterocycles. The van der Waals surface area contributed by atoms with Crippen LogP contribution in [0.2, 0.25) is 0 Å². The zero-order valence-corrected chi connectivity index (χ0v) is 19.1. The van der Waals surface area contributed by atoms with Crippen LogP contribution in [0, 0.1) is 5.92 Å². The summed E-state index contributed by atoms with van der Waals surface area (Å²) < 4.78 is 5.16. The van der Waals surface area contributed by atoms with Gasteiger partial charge in [0.05, 0.1) is 7.11 Å². The number of carbonyl (C=O) groups excluding carboxylic acids is 1. The Kier molecular flexibility index (Phi) is 10.4. The van der Waals surface area contributed by atoms with Crippen LogP contribution in [-0.2, 0) is 17.9 Å². The Bertz CT molecular complexity index is 759. The van der Waals surface area contributed by atoms with Crippen molar-refractivity contribution in [2.24, 2.45) is 10.9 Å².